The SMILES string of the molecule is CCCCOCCC1CCCC1(NCC)C(=O)OCC. The van der Waals surface area contributed by atoms with Gasteiger partial charge in [-0.3, -0.25) is 4.79 Å². The summed E-state index contributed by atoms with van der Waals surface area (Å²) in [6.07, 6.45) is 6.28. The third-order valence-corrected chi connectivity index (χ3v) is 4.21. The van der Waals surface area contributed by atoms with Crippen molar-refractivity contribution in [1.82, 2.24) is 5.32 Å². The molecule has 4 nitrogen and oxygen atoms in total. The molecule has 1 N–H and O–H groups in total. The molecule has 1 fully saturated rings. The predicted octanol–water partition coefficient (Wildman–Crippen LogP) is 2.90. The summed E-state index contributed by atoms with van der Waals surface area (Å²) < 4.78 is 11.0. The second-order valence-electron chi connectivity index (χ2n) is 5.57. The lowest BCUT2D eigenvalue weighted by atomic mass is 9.84. The van der Waals surface area contributed by atoms with E-state index in [4.69, 9.17) is 9.47 Å². The van der Waals surface area contributed by atoms with E-state index >= 15 is 0 Å². The van der Waals surface area contributed by atoms with Gasteiger partial charge in [-0.2, -0.15) is 0 Å². The van der Waals surface area contributed by atoms with Gasteiger partial charge in [-0.25, -0.2) is 0 Å². The molecule has 0 aromatic heterocycles. The van der Waals surface area contributed by atoms with Crippen LogP contribution in [0.4, 0.5) is 0 Å². The third kappa shape index (κ3) is 4.45. The molecule has 0 aliphatic heterocycles. The molecule has 118 valence electrons. The lowest BCUT2D eigenvalue weighted by molar-refractivity contribution is -0.153. The number of rotatable bonds is 10. The molecule has 0 bridgehead atoms. The number of esters is 1. The predicted molar refractivity (Wildman–Crippen MR) is 80.7 cm³/mol. The van der Waals surface area contributed by atoms with Crippen LogP contribution in [0, 0.1) is 5.92 Å². The van der Waals surface area contributed by atoms with Crippen molar-refractivity contribution in [3.8, 4) is 0 Å². The van der Waals surface area contributed by atoms with Crippen molar-refractivity contribution in [2.24, 2.45) is 5.92 Å². The van der Waals surface area contributed by atoms with Crippen molar-refractivity contribution >= 4 is 5.97 Å². The van der Waals surface area contributed by atoms with Crippen LogP contribution >= 0.6 is 0 Å². The standard InChI is InChI=1S/C16H31NO3/c1-4-7-12-19-13-10-14-9-8-11-16(14,17-5-2)15(18)20-6-3/h14,17H,4-13H2,1-3H3. The molecule has 1 aliphatic carbocycles. The molecule has 0 radical (unpaired) electrons. The largest absolute Gasteiger partial charge is 0.465 e. The van der Waals surface area contributed by atoms with Crippen LogP contribution in [0.25, 0.3) is 0 Å². The Morgan fingerprint density at radius 1 is 1.30 bits per heavy atom. The Morgan fingerprint density at radius 3 is 2.75 bits per heavy atom. The molecule has 0 aromatic carbocycles. The zero-order valence-corrected chi connectivity index (χ0v) is 13.4. The summed E-state index contributed by atoms with van der Waals surface area (Å²) in [6, 6.07) is 0. The Balaban J connectivity index is 2.55. The highest BCUT2D eigenvalue weighted by molar-refractivity contribution is 5.81. The summed E-state index contributed by atoms with van der Waals surface area (Å²) in [7, 11) is 0. The van der Waals surface area contributed by atoms with E-state index in [9.17, 15) is 4.79 Å². The quantitative estimate of drug-likeness (QED) is 0.495. The van der Waals surface area contributed by atoms with E-state index in [0.29, 0.717) is 12.5 Å². The van der Waals surface area contributed by atoms with Crippen molar-refractivity contribution in [3.05, 3.63) is 0 Å². The van der Waals surface area contributed by atoms with Crippen molar-refractivity contribution in [2.45, 2.75) is 64.8 Å². The second kappa shape index (κ2) is 9.35. The van der Waals surface area contributed by atoms with E-state index in [2.05, 4.69) is 12.2 Å². The van der Waals surface area contributed by atoms with Gasteiger partial charge in [0.2, 0.25) is 0 Å². The van der Waals surface area contributed by atoms with Crippen LogP contribution in [0.15, 0.2) is 0 Å². The maximum Gasteiger partial charge on any atom is 0.326 e. The van der Waals surface area contributed by atoms with Crippen LogP contribution in [0.3, 0.4) is 0 Å². The Morgan fingerprint density at radius 2 is 2.10 bits per heavy atom. The van der Waals surface area contributed by atoms with Crippen LogP contribution in [-0.4, -0.2) is 37.9 Å². The maximum absolute atomic E-state index is 12.4. The summed E-state index contributed by atoms with van der Waals surface area (Å²) in [5.74, 6) is 0.265. The summed E-state index contributed by atoms with van der Waals surface area (Å²) >= 11 is 0. The molecule has 2 atom stereocenters. The van der Waals surface area contributed by atoms with E-state index in [1.807, 2.05) is 13.8 Å². The monoisotopic (exact) mass is 285 g/mol. The van der Waals surface area contributed by atoms with E-state index < -0.39 is 5.54 Å². The number of unbranched alkanes of at least 4 members (excludes halogenated alkanes) is 1. The van der Waals surface area contributed by atoms with Gasteiger partial charge >= 0.3 is 5.97 Å². The zero-order valence-electron chi connectivity index (χ0n) is 13.4. The molecule has 1 saturated carbocycles. The molecule has 2 unspecified atom stereocenters. The van der Waals surface area contributed by atoms with Gasteiger partial charge in [0.05, 0.1) is 6.61 Å². The summed E-state index contributed by atoms with van der Waals surface area (Å²) in [5.41, 5.74) is -0.473. The Hall–Kier alpha value is -0.610. The number of likely N-dealkylation sites (N-methyl/N-ethyl adjacent to an activating group) is 1. The minimum Gasteiger partial charge on any atom is -0.465 e. The average Bonchev–Trinajstić information content (AvgIpc) is 2.83. The highest BCUT2D eigenvalue weighted by Gasteiger charge is 2.49. The van der Waals surface area contributed by atoms with E-state index in [-0.39, 0.29) is 5.97 Å². The second-order valence-corrected chi connectivity index (χ2v) is 5.57. The van der Waals surface area contributed by atoms with E-state index in [0.717, 1.165) is 58.3 Å². The number of ether oxygens (including phenoxy) is 2. The van der Waals surface area contributed by atoms with Gasteiger partial charge in [-0.15, -0.1) is 0 Å². The van der Waals surface area contributed by atoms with E-state index in [1.54, 1.807) is 0 Å². The van der Waals surface area contributed by atoms with Gasteiger partial charge in [0.15, 0.2) is 0 Å². The normalized spacial score (nSPS) is 25.9. The summed E-state index contributed by atoms with van der Waals surface area (Å²) in [4.78, 5) is 12.4. The number of carbonyl (C=O) groups excluding carboxylic acids is 1. The van der Waals surface area contributed by atoms with Crippen molar-refractivity contribution in [2.75, 3.05) is 26.4 Å². The van der Waals surface area contributed by atoms with Gasteiger partial charge in [-0.05, 0) is 45.1 Å². The minimum absolute atomic E-state index is 0.0714. The van der Waals surface area contributed by atoms with Crippen LogP contribution in [-0.2, 0) is 14.3 Å². The number of carbonyl (C=O) groups is 1. The fourth-order valence-corrected chi connectivity index (χ4v) is 3.19. The minimum atomic E-state index is -0.473. The van der Waals surface area contributed by atoms with Gasteiger partial charge in [0, 0.05) is 13.2 Å². The highest BCUT2D eigenvalue weighted by Crippen LogP contribution is 2.39. The molecule has 0 aromatic rings. The fourth-order valence-electron chi connectivity index (χ4n) is 3.19. The van der Waals surface area contributed by atoms with Crippen molar-refractivity contribution < 1.29 is 14.3 Å². The molecule has 1 aliphatic rings. The first kappa shape index (κ1) is 17.4. The Bertz CT molecular complexity index is 283. The first-order valence-electron chi connectivity index (χ1n) is 8.21. The smallest absolute Gasteiger partial charge is 0.326 e. The zero-order chi connectivity index (χ0) is 14.8. The number of hydrogen-bond donors (Lipinski definition) is 1. The highest BCUT2D eigenvalue weighted by atomic mass is 16.5. The van der Waals surface area contributed by atoms with Crippen LogP contribution in [0.1, 0.15) is 59.3 Å². The van der Waals surface area contributed by atoms with Gasteiger partial charge in [-0.1, -0.05) is 26.7 Å². The van der Waals surface area contributed by atoms with Gasteiger partial charge in [0.25, 0.3) is 0 Å². The van der Waals surface area contributed by atoms with Crippen LogP contribution in [0.5, 0.6) is 0 Å². The molecular formula is C16H31NO3. The van der Waals surface area contributed by atoms with Gasteiger partial charge in [0.1, 0.15) is 5.54 Å². The molecule has 4 heteroatoms. The lowest BCUT2D eigenvalue weighted by Gasteiger charge is -2.34. The molecule has 1 rings (SSSR count). The first-order chi connectivity index (χ1) is 9.71. The molecule has 20 heavy (non-hydrogen) atoms. The van der Waals surface area contributed by atoms with Crippen molar-refractivity contribution in [1.29, 1.82) is 0 Å². The number of hydrogen-bond acceptors (Lipinski definition) is 4. The van der Waals surface area contributed by atoms with E-state index in [1.165, 1.54) is 0 Å². The average molecular weight is 285 g/mol. The molecule has 0 amide bonds. The molecular weight excluding hydrogens is 254 g/mol. The van der Waals surface area contributed by atoms with Crippen LogP contribution < -0.4 is 5.32 Å². The topological polar surface area (TPSA) is 47.6 Å². The Labute approximate surface area is 123 Å². The summed E-state index contributed by atoms with van der Waals surface area (Å²) in [6.45, 7) is 8.91. The maximum atomic E-state index is 12.4. The Kier molecular flexibility index (Phi) is 8.15. The van der Waals surface area contributed by atoms with Crippen molar-refractivity contribution in [3.63, 3.8) is 0 Å². The molecule has 0 spiro atoms. The molecule has 0 heterocycles. The lowest BCUT2D eigenvalue weighted by Crippen LogP contribution is -2.55. The third-order valence-electron chi connectivity index (χ3n) is 4.21. The molecule has 0 saturated heterocycles. The number of nitrogens with one attached hydrogen (secondary N) is 1. The van der Waals surface area contributed by atoms with Gasteiger partial charge < -0.3 is 14.8 Å². The fraction of sp³-hybridized carbons (Fsp3) is 0.938. The first-order valence-corrected chi connectivity index (χ1v) is 8.21. The van der Waals surface area contributed by atoms with Crippen LogP contribution in [0.2, 0.25) is 0 Å². The summed E-state index contributed by atoms with van der Waals surface area (Å²) in [5, 5.41) is 3.41.